The van der Waals surface area contributed by atoms with Gasteiger partial charge in [-0.1, -0.05) is 115 Å². The SMILES string of the molecule is O=c1c2c(-c3ccccc3)cccc2c2cc(-c3ccccc3)cc3c4cc(-c5ccccc5)ccc4n1c23. The smallest absolute Gasteiger partial charge is 0.264 e. The Labute approximate surface area is 225 Å². The van der Waals surface area contributed by atoms with Crippen LogP contribution in [0.1, 0.15) is 0 Å². The molecule has 39 heavy (non-hydrogen) atoms. The number of fused-ring (bicyclic) bond motifs is 5. The Bertz CT molecular complexity index is 2210. The van der Waals surface area contributed by atoms with E-state index < -0.39 is 0 Å². The van der Waals surface area contributed by atoms with Crippen molar-refractivity contribution in [1.29, 1.82) is 0 Å². The Morgan fingerprint density at radius 1 is 0.410 bits per heavy atom. The lowest BCUT2D eigenvalue weighted by Gasteiger charge is -2.12. The summed E-state index contributed by atoms with van der Waals surface area (Å²) in [7, 11) is 0. The molecule has 2 heteroatoms. The van der Waals surface area contributed by atoms with Gasteiger partial charge in [0.2, 0.25) is 0 Å². The van der Waals surface area contributed by atoms with E-state index in [0.29, 0.717) is 0 Å². The zero-order valence-corrected chi connectivity index (χ0v) is 21.1. The lowest BCUT2D eigenvalue weighted by atomic mass is 9.94. The molecule has 2 heterocycles. The Balaban J connectivity index is 1.58. The monoisotopic (exact) mass is 497 g/mol. The second kappa shape index (κ2) is 8.41. The Morgan fingerprint density at radius 3 is 1.64 bits per heavy atom. The molecule has 0 spiro atoms. The molecule has 0 radical (unpaired) electrons. The summed E-state index contributed by atoms with van der Waals surface area (Å²) in [6.45, 7) is 0. The van der Waals surface area contributed by atoms with Gasteiger partial charge in [-0.15, -0.1) is 0 Å². The van der Waals surface area contributed by atoms with Crippen molar-refractivity contribution in [2.24, 2.45) is 0 Å². The summed E-state index contributed by atoms with van der Waals surface area (Å²) in [5.41, 5.74) is 8.57. The molecular formula is C37H23NO. The standard InChI is InChI=1S/C37H23NO/c39-37-35-29(26-15-8-3-9-16-26)17-10-18-30(35)32-22-28(25-13-6-2-7-14-25)23-33-31-21-27(24-11-4-1-5-12-24)19-20-34(31)38(37)36(32)33/h1-23H. The van der Waals surface area contributed by atoms with Crippen molar-refractivity contribution >= 4 is 38.0 Å². The Morgan fingerprint density at radius 2 is 0.974 bits per heavy atom. The largest absolute Gasteiger partial charge is 0.275 e. The summed E-state index contributed by atoms with van der Waals surface area (Å²) in [6, 6.07) is 48.4. The number of nitrogens with zero attached hydrogens (tertiary/aromatic N) is 1. The fraction of sp³-hybridized carbons (Fsp3) is 0. The number of hydrogen-bond acceptors (Lipinski definition) is 1. The van der Waals surface area contributed by atoms with Crippen LogP contribution in [0.2, 0.25) is 0 Å². The van der Waals surface area contributed by atoms with Gasteiger partial charge in [-0.05, 0) is 63.0 Å². The molecule has 8 aromatic rings. The summed E-state index contributed by atoms with van der Waals surface area (Å²) < 4.78 is 1.94. The van der Waals surface area contributed by atoms with Gasteiger partial charge in [-0.2, -0.15) is 0 Å². The van der Waals surface area contributed by atoms with Gasteiger partial charge in [0, 0.05) is 16.2 Å². The molecule has 8 rings (SSSR count). The molecule has 0 aliphatic heterocycles. The van der Waals surface area contributed by atoms with E-state index in [4.69, 9.17) is 0 Å². The zero-order valence-electron chi connectivity index (χ0n) is 21.1. The number of benzene rings is 6. The fourth-order valence-electron chi connectivity index (χ4n) is 6.15. The van der Waals surface area contributed by atoms with Crippen LogP contribution < -0.4 is 5.56 Å². The third kappa shape index (κ3) is 3.25. The normalized spacial score (nSPS) is 11.7. The molecule has 0 saturated carbocycles. The molecule has 6 aromatic carbocycles. The summed E-state index contributed by atoms with van der Waals surface area (Å²) in [5, 5.41) is 5.03. The quantitative estimate of drug-likeness (QED) is 0.223. The average molecular weight is 498 g/mol. The molecule has 0 aliphatic rings. The second-order valence-corrected chi connectivity index (χ2v) is 10.1. The third-order valence-corrected chi connectivity index (χ3v) is 7.93. The molecule has 0 unspecified atom stereocenters. The minimum atomic E-state index is 0.0249. The molecule has 2 aromatic heterocycles. The van der Waals surface area contributed by atoms with E-state index in [0.717, 1.165) is 71.3 Å². The van der Waals surface area contributed by atoms with Gasteiger partial charge in [-0.25, -0.2) is 0 Å². The van der Waals surface area contributed by atoms with Crippen LogP contribution in [0.25, 0.3) is 71.3 Å². The first-order valence-corrected chi connectivity index (χ1v) is 13.2. The first-order valence-electron chi connectivity index (χ1n) is 13.2. The highest BCUT2D eigenvalue weighted by molar-refractivity contribution is 6.23. The van der Waals surface area contributed by atoms with Crippen molar-refractivity contribution in [3.63, 3.8) is 0 Å². The minimum Gasteiger partial charge on any atom is -0.275 e. The predicted octanol–water partition coefficient (Wildman–Crippen LogP) is 9.20. The van der Waals surface area contributed by atoms with Gasteiger partial charge in [0.1, 0.15) is 0 Å². The number of rotatable bonds is 3. The molecule has 182 valence electrons. The maximum atomic E-state index is 14.4. The first kappa shape index (κ1) is 21.8. The van der Waals surface area contributed by atoms with E-state index in [1.54, 1.807) is 0 Å². The van der Waals surface area contributed by atoms with Crippen molar-refractivity contribution in [3.05, 3.63) is 150 Å². The zero-order chi connectivity index (χ0) is 25.9. The highest BCUT2D eigenvalue weighted by Crippen LogP contribution is 2.40. The van der Waals surface area contributed by atoms with E-state index >= 15 is 0 Å². The molecule has 0 amide bonds. The van der Waals surface area contributed by atoms with Crippen LogP contribution in [0.5, 0.6) is 0 Å². The molecule has 0 saturated heterocycles. The number of hydrogen-bond donors (Lipinski definition) is 0. The number of pyridine rings is 1. The molecule has 0 fully saturated rings. The average Bonchev–Trinajstić information content (AvgIpc) is 3.35. The van der Waals surface area contributed by atoms with Gasteiger partial charge < -0.3 is 0 Å². The second-order valence-electron chi connectivity index (χ2n) is 10.1. The predicted molar refractivity (Wildman–Crippen MR) is 164 cm³/mol. The van der Waals surface area contributed by atoms with E-state index in [-0.39, 0.29) is 5.56 Å². The fourth-order valence-corrected chi connectivity index (χ4v) is 6.15. The topological polar surface area (TPSA) is 21.5 Å². The van der Waals surface area contributed by atoms with Crippen LogP contribution in [-0.4, -0.2) is 4.40 Å². The van der Waals surface area contributed by atoms with Crippen molar-refractivity contribution < 1.29 is 0 Å². The van der Waals surface area contributed by atoms with Gasteiger partial charge in [0.15, 0.2) is 0 Å². The summed E-state index contributed by atoms with van der Waals surface area (Å²) in [5.74, 6) is 0. The van der Waals surface area contributed by atoms with Crippen LogP contribution in [0.15, 0.2) is 144 Å². The van der Waals surface area contributed by atoms with Gasteiger partial charge in [0.05, 0.1) is 16.4 Å². The van der Waals surface area contributed by atoms with Crippen molar-refractivity contribution in [3.8, 4) is 33.4 Å². The first-order chi connectivity index (χ1) is 19.3. The van der Waals surface area contributed by atoms with Crippen LogP contribution in [0.3, 0.4) is 0 Å². The van der Waals surface area contributed by atoms with Crippen molar-refractivity contribution in [2.45, 2.75) is 0 Å². The van der Waals surface area contributed by atoms with Crippen LogP contribution in [0.4, 0.5) is 0 Å². The van der Waals surface area contributed by atoms with Crippen molar-refractivity contribution in [1.82, 2.24) is 4.40 Å². The maximum Gasteiger partial charge on any atom is 0.264 e. The highest BCUT2D eigenvalue weighted by Gasteiger charge is 2.21. The van der Waals surface area contributed by atoms with Crippen LogP contribution >= 0.6 is 0 Å². The van der Waals surface area contributed by atoms with Crippen molar-refractivity contribution in [2.75, 3.05) is 0 Å². The van der Waals surface area contributed by atoms with Gasteiger partial charge in [-0.3, -0.25) is 9.20 Å². The molecule has 0 aliphatic carbocycles. The molecule has 2 nitrogen and oxygen atoms in total. The van der Waals surface area contributed by atoms with E-state index in [1.807, 2.05) is 34.7 Å². The maximum absolute atomic E-state index is 14.4. The summed E-state index contributed by atoms with van der Waals surface area (Å²) in [6.07, 6.45) is 0. The minimum absolute atomic E-state index is 0.0249. The highest BCUT2D eigenvalue weighted by atomic mass is 16.1. The van der Waals surface area contributed by atoms with Crippen LogP contribution in [-0.2, 0) is 0 Å². The number of aromatic nitrogens is 1. The molecule has 0 bridgehead atoms. The molecule has 0 N–H and O–H groups in total. The van der Waals surface area contributed by atoms with Gasteiger partial charge >= 0.3 is 0 Å². The van der Waals surface area contributed by atoms with E-state index in [1.165, 1.54) is 0 Å². The third-order valence-electron chi connectivity index (χ3n) is 7.93. The lowest BCUT2D eigenvalue weighted by molar-refractivity contribution is 1.21. The van der Waals surface area contributed by atoms with E-state index in [9.17, 15) is 4.79 Å². The Kier molecular flexibility index (Phi) is 4.71. The summed E-state index contributed by atoms with van der Waals surface area (Å²) >= 11 is 0. The Hall–Kier alpha value is -5.21. The molecule has 0 atom stereocenters. The molecular weight excluding hydrogens is 474 g/mol. The van der Waals surface area contributed by atoms with Gasteiger partial charge in [0.25, 0.3) is 5.56 Å². The van der Waals surface area contributed by atoms with E-state index in [2.05, 4.69) is 109 Å². The lowest BCUT2D eigenvalue weighted by Crippen LogP contribution is -2.14. The summed E-state index contributed by atoms with van der Waals surface area (Å²) in [4.78, 5) is 14.4. The van der Waals surface area contributed by atoms with Crippen LogP contribution in [0, 0.1) is 0 Å².